The van der Waals surface area contributed by atoms with Crippen molar-refractivity contribution in [2.24, 2.45) is 0 Å². The van der Waals surface area contributed by atoms with E-state index < -0.39 is 44.5 Å². The van der Waals surface area contributed by atoms with Gasteiger partial charge in [0.15, 0.2) is 21.1 Å². The number of fused-ring (bicyclic) bond motifs is 2. The van der Waals surface area contributed by atoms with E-state index in [9.17, 15) is 21.6 Å². The number of thioether (sulfide) groups is 1. The van der Waals surface area contributed by atoms with Gasteiger partial charge in [0, 0.05) is 69.1 Å². The fourth-order valence-corrected chi connectivity index (χ4v) is 12.1. The molecule has 4 fully saturated rings. The average Bonchev–Trinajstić information content (AvgIpc) is 3.85. The van der Waals surface area contributed by atoms with Gasteiger partial charge in [0.2, 0.25) is 23.8 Å². The van der Waals surface area contributed by atoms with Gasteiger partial charge in [0.1, 0.15) is 39.7 Å². The first-order valence-corrected chi connectivity index (χ1v) is 24.4. The highest BCUT2D eigenvalue weighted by Gasteiger charge is 2.43. The first-order chi connectivity index (χ1) is 31.1. The van der Waals surface area contributed by atoms with Gasteiger partial charge in [-0.25, -0.2) is 45.9 Å². The summed E-state index contributed by atoms with van der Waals surface area (Å²) in [5.74, 6) is -0.490. The molecule has 4 aromatic heterocycles. The van der Waals surface area contributed by atoms with Crippen LogP contribution in [0.5, 0.6) is 0 Å². The van der Waals surface area contributed by atoms with E-state index in [4.69, 9.17) is 24.4 Å². The smallest absolute Gasteiger partial charge is 0.224 e. The van der Waals surface area contributed by atoms with E-state index in [-0.39, 0.29) is 65.9 Å². The molecule has 0 radical (unpaired) electrons. The molecule has 8 heterocycles. The van der Waals surface area contributed by atoms with Crippen molar-refractivity contribution >= 4 is 79.1 Å². The molecule has 4 aliphatic rings. The van der Waals surface area contributed by atoms with Crippen LogP contribution in [-0.4, -0.2) is 109 Å². The summed E-state index contributed by atoms with van der Waals surface area (Å²) in [4.78, 5) is 30.0. The van der Waals surface area contributed by atoms with E-state index in [2.05, 4.69) is 30.9 Å². The normalized spacial score (nSPS) is 21.3. The van der Waals surface area contributed by atoms with Gasteiger partial charge >= 0.3 is 0 Å². The third kappa shape index (κ3) is 8.63. The Balaban J connectivity index is 1.02. The molecule has 16 nitrogen and oxygen atoms in total. The van der Waals surface area contributed by atoms with Crippen LogP contribution in [-0.2, 0) is 19.3 Å². The molecule has 3 N–H and O–H groups in total. The molecule has 10 rings (SSSR count). The number of nitrogens with one attached hydrogen (secondary N) is 3. The Morgan fingerprint density at radius 1 is 0.688 bits per heavy atom. The molecule has 64 heavy (non-hydrogen) atoms. The predicted octanol–water partition coefficient (Wildman–Crippen LogP) is 7.43. The monoisotopic (exact) mass is 922 g/mol. The minimum Gasteiger partial charge on any atom is -0.381 e. The second kappa shape index (κ2) is 17.9. The molecule has 0 bridgehead atoms. The lowest BCUT2D eigenvalue weighted by atomic mass is 10.1. The topological polar surface area (TPSA) is 179 Å². The fraction of sp³-hybridized carbons (Fsp3) is 0.476. The van der Waals surface area contributed by atoms with Crippen molar-refractivity contribution in [3.63, 3.8) is 0 Å². The van der Waals surface area contributed by atoms with Gasteiger partial charge in [-0.15, -0.1) is 0 Å². The fourth-order valence-electron chi connectivity index (χ4n) is 9.07. The van der Waals surface area contributed by atoms with Crippen LogP contribution < -0.4 is 20.9 Å². The van der Waals surface area contributed by atoms with Crippen molar-refractivity contribution in [3.8, 4) is 0 Å². The zero-order valence-corrected chi connectivity index (χ0v) is 36.2. The number of rotatable bonds is 11. The lowest BCUT2D eigenvalue weighted by molar-refractivity contribution is 0.0707. The summed E-state index contributed by atoms with van der Waals surface area (Å²) in [7, 11) is -4.00. The minimum absolute atomic E-state index is 0.0288. The van der Waals surface area contributed by atoms with Crippen LogP contribution in [0.25, 0.3) is 22.3 Å². The van der Waals surface area contributed by atoms with E-state index in [0.29, 0.717) is 80.4 Å². The predicted molar refractivity (Wildman–Crippen MR) is 235 cm³/mol. The average molecular weight is 923 g/mol. The zero-order chi connectivity index (χ0) is 44.0. The van der Waals surface area contributed by atoms with Crippen molar-refractivity contribution in [2.75, 3.05) is 64.5 Å². The summed E-state index contributed by atoms with van der Waals surface area (Å²) in [5.41, 5.74) is 1.56. The van der Waals surface area contributed by atoms with Gasteiger partial charge in [-0.2, -0.15) is 21.7 Å². The number of hydrogen-bond acceptors (Lipinski definition) is 15. The summed E-state index contributed by atoms with van der Waals surface area (Å²) in [6.07, 6.45) is 7.51. The second-order valence-electron chi connectivity index (χ2n) is 16.5. The van der Waals surface area contributed by atoms with Crippen LogP contribution >= 0.6 is 11.8 Å². The third-order valence-electron chi connectivity index (χ3n) is 12.3. The molecule has 0 aliphatic carbocycles. The number of imidazole rings is 2. The highest BCUT2D eigenvalue weighted by molar-refractivity contribution is 7.99. The molecule has 6 aromatic rings. The first kappa shape index (κ1) is 42.6. The van der Waals surface area contributed by atoms with Crippen molar-refractivity contribution in [1.29, 1.82) is 0 Å². The van der Waals surface area contributed by atoms with Gasteiger partial charge in [0.05, 0.1) is 29.5 Å². The Morgan fingerprint density at radius 3 is 1.94 bits per heavy atom. The van der Waals surface area contributed by atoms with E-state index in [1.54, 1.807) is 6.20 Å². The molecule has 4 saturated heterocycles. The maximum atomic E-state index is 16.2. The molecule has 2 atom stereocenters. The molecule has 0 spiro atoms. The molecule has 22 heteroatoms. The number of ether oxygens (including phenoxy) is 2. The molecule has 2 unspecified atom stereocenters. The summed E-state index contributed by atoms with van der Waals surface area (Å²) >= 11 is 1.90. The Hall–Kier alpha value is -5.32. The van der Waals surface area contributed by atoms with Gasteiger partial charge in [-0.1, -0.05) is 0 Å². The lowest BCUT2D eigenvalue weighted by Gasteiger charge is -2.39. The Kier molecular flexibility index (Phi) is 11.9. The maximum absolute atomic E-state index is 16.2. The molecule has 4 aliphatic heterocycles. The number of aromatic nitrogens is 8. The first-order valence-electron chi connectivity index (χ1n) is 21.5. The van der Waals surface area contributed by atoms with Gasteiger partial charge < -0.3 is 25.4 Å². The largest absolute Gasteiger partial charge is 0.381 e. The van der Waals surface area contributed by atoms with Gasteiger partial charge in [-0.3, -0.25) is 14.0 Å². The molecule has 0 saturated carbocycles. The Labute approximate surface area is 369 Å². The number of sulfone groups is 1. The van der Waals surface area contributed by atoms with Crippen molar-refractivity contribution < 1.29 is 35.5 Å². The molecular formula is C42H46F4N12O4S2. The van der Waals surface area contributed by atoms with E-state index in [0.717, 1.165) is 48.6 Å². The third-order valence-corrected chi connectivity index (χ3v) is 15.4. The number of hydrogen-bond donors (Lipinski definition) is 3. The SMILES string of the molecule is O=S1(=O)CCC(Nc2ncc3nc(Nc4ccc(F)cc4F)n(C4CCOCC4)c3n2)CC1N(c1ccc(F)cc1F)c1nc2cnc(NC3CCSCC3)nc2n1C1CCOCC1. The standard InChI is InChI=1S/C42H46F4N12O4S2/c43-24-1-3-32(30(45)19-24)51-41-52-33-22-47-40(54-37(33)56(41)28-5-12-61-13-6-28)50-27-11-18-64(59,60)36(21-27)58(35-4-2-25(44)20-31(35)46)42-53-34-23-48-39(49-26-9-16-63-17-10-26)55-38(34)57(42)29-7-14-62-15-8-29/h1-4,19-20,22-23,26-29,36H,5-18,21H2,(H,51,52)(H,47,50,54)(H,48,49,55). The van der Waals surface area contributed by atoms with Gasteiger partial charge in [0.25, 0.3) is 0 Å². The Bertz CT molecular complexity index is 2780. The van der Waals surface area contributed by atoms with Crippen LogP contribution in [0.2, 0.25) is 0 Å². The quantitative estimate of drug-likeness (QED) is 0.109. The highest BCUT2D eigenvalue weighted by atomic mass is 32.2. The molecule has 338 valence electrons. The molecular weight excluding hydrogens is 877 g/mol. The number of nitrogens with zero attached hydrogens (tertiary/aromatic N) is 9. The number of anilines is 6. The van der Waals surface area contributed by atoms with Crippen molar-refractivity contribution in [2.45, 2.75) is 80.9 Å². The summed E-state index contributed by atoms with van der Waals surface area (Å²) in [6.45, 7) is 1.86. The summed E-state index contributed by atoms with van der Waals surface area (Å²) in [6, 6.07) is 5.57. The van der Waals surface area contributed by atoms with Crippen molar-refractivity contribution in [3.05, 3.63) is 72.1 Å². The highest BCUT2D eigenvalue weighted by Crippen LogP contribution is 2.41. The van der Waals surface area contributed by atoms with Gasteiger partial charge in [-0.05, 0) is 80.7 Å². The van der Waals surface area contributed by atoms with E-state index >= 15 is 4.39 Å². The summed E-state index contributed by atoms with van der Waals surface area (Å²) in [5, 5.41) is 8.45. The zero-order valence-electron chi connectivity index (χ0n) is 34.6. The second-order valence-corrected chi connectivity index (χ2v) is 20.0. The van der Waals surface area contributed by atoms with Crippen LogP contribution in [0.4, 0.5) is 52.7 Å². The van der Waals surface area contributed by atoms with Crippen LogP contribution in [0.1, 0.15) is 63.5 Å². The molecule has 0 amide bonds. The van der Waals surface area contributed by atoms with Crippen LogP contribution in [0.3, 0.4) is 0 Å². The van der Waals surface area contributed by atoms with E-state index in [1.807, 2.05) is 20.9 Å². The Morgan fingerprint density at radius 2 is 1.28 bits per heavy atom. The number of benzene rings is 2. The van der Waals surface area contributed by atoms with Crippen molar-refractivity contribution in [1.82, 2.24) is 39.0 Å². The maximum Gasteiger partial charge on any atom is 0.224 e. The van der Waals surface area contributed by atoms with Crippen LogP contribution in [0.15, 0.2) is 48.8 Å². The minimum atomic E-state index is -4.00. The van der Waals surface area contributed by atoms with E-state index in [1.165, 1.54) is 23.2 Å². The lowest BCUT2D eigenvalue weighted by Crippen LogP contribution is -2.49. The van der Waals surface area contributed by atoms with Crippen LogP contribution in [0, 0.1) is 23.3 Å². The summed E-state index contributed by atoms with van der Waals surface area (Å²) < 4.78 is 103. The molecule has 2 aromatic carbocycles. The number of halogens is 4.